The second-order valence-corrected chi connectivity index (χ2v) is 2.85. The summed E-state index contributed by atoms with van der Waals surface area (Å²) in [5.74, 6) is 0.957. The van der Waals surface area contributed by atoms with Gasteiger partial charge in [0.2, 0.25) is 0 Å². The Hall–Kier alpha value is -1.09. The monoisotopic (exact) mass is 179 g/mol. The van der Waals surface area contributed by atoms with E-state index in [1.807, 2.05) is 18.2 Å². The standard InChI is InChI=1S/C10H17N3/c1-2-11-7-5-9-13-10-6-3-4-8-12-10/h3-4,6,8,11H,2,5,7,9H2,1H3,(H,12,13). The molecule has 0 unspecified atom stereocenters. The molecule has 0 saturated carbocycles. The maximum atomic E-state index is 4.17. The van der Waals surface area contributed by atoms with Crippen molar-refractivity contribution >= 4 is 5.82 Å². The van der Waals surface area contributed by atoms with Gasteiger partial charge in [-0.05, 0) is 31.6 Å². The van der Waals surface area contributed by atoms with Gasteiger partial charge in [0.1, 0.15) is 5.82 Å². The van der Waals surface area contributed by atoms with Gasteiger partial charge in [-0.3, -0.25) is 0 Å². The van der Waals surface area contributed by atoms with E-state index in [-0.39, 0.29) is 0 Å². The Kier molecular flexibility index (Phi) is 4.94. The lowest BCUT2D eigenvalue weighted by Gasteiger charge is -2.04. The van der Waals surface area contributed by atoms with E-state index in [1.165, 1.54) is 0 Å². The summed E-state index contributed by atoms with van der Waals surface area (Å²) in [5, 5.41) is 6.53. The lowest BCUT2D eigenvalue weighted by atomic mass is 10.4. The predicted octanol–water partition coefficient (Wildman–Crippen LogP) is 1.49. The molecule has 1 aromatic heterocycles. The number of nitrogens with one attached hydrogen (secondary N) is 2. The minimum Gasteiger partial charge on any atom is -0.370 e. The lowest BCUT2D eigenvalue weighted by Crippen LogP contribution is -2.17. The third-order valence-corrected chi connectivity index (χ3v) is 1.75. The second kappa shape index (κ2) is 6.43. The molecular weight excluding hydrogens is 162 g/mol. The molecule has 0 bridgehead atoms. The Morgan fingerprint density at radius 3 is 2.92 bits per heavy atom. The van der Waals surface area contributed by atoms with Crippen molar-refractivity contribution in [1.29, 1.82) is 0 Å². The summed E-state index contributed by atoms with van der Waals surface area (Å²) < 4.78 is 0. The third kappa shape index (κ3) is 4.48. The molecular formula is C10H17N3. The van der Waals surface area contributed by atoms with E-state index in [9.17, 15) is 0 Å². The number of hydrogen-bond acceptors (Lipinski definition) is 3. The predicted molar refractivity (Wildman–Crippen MR) is 55.9 cm³/mol. The van der Waals surface area contributed by atoms with Gasteiger partial charge in [0.15, 0.2) is 0 Å². The van der Waals surface area contributed by atoms with Gasteiger partial charge in [-0.15, -0.1) is 0 Å². The van der Waals surface area contributed by atoms with Crippen LogP contribution in [0.3, 0.4) is 0 Å². The van der Waals surface area contributed by atoms with Crippen molar-refractivity contribution in [2.75, 3.05) is 25.0 Å². The van der Waals surface area contributed by atoms with E-state index < -0.39 is 0 Å². The van der Waals surface area contributed by atoms with E-state index in [0.717, 1.165) is 31.9 Å². The third-order valence-electron chi connectivity index (χ3n) is 1.75. The summed E-state index contributed by atoms with van der Waals surface area (Å²) in [6.07, 6.45) is 2.93. The van der Waals surface area contributed by atoms with Crippen molar-refractivity contribution in [3.63, 3.8) is 0 Å². The first-order valence-electron chi connectivity index (χ1n) is 4.79. The van der Waals surface area contributed by atoms with Crippen LogP contribution in [0.1, 0.15) is 13.3 Å². The highest BCUT2D eigenvalue weighted by Gasteiger charge is 1.89. The summed E-state index contributed by atoms with van der Waals surface area (Å²) >= 11 is 0. The van der Waals surface area contributed by atoms with Crippen molar-refractivity contribution < 1.29 is 0 Å². The number of anilines is 1. The Morgan fingerprint density at radius 2 is 2.23 bits per heavy atom. The number of pyridine rings is 1. The molecule has 3 nitrogen and oxygen atoms in total. The van der Waals surface area contributed by atoms with Gasteiger partial charge >= 0.3 is 0 Å². The molecule has 0 aliphatic rings. The summed E-state index contributed by atoms with van der Waals surface area (Å²) in [5.41, 5.74) is 0. The minimum atomic E-state index is 0.957. The Balaban J connectivity index is 2.07. The van der Waals surface area contributed by atoms with Crippen LogP contribution in [0.4, 0.5) is 5.82 Å². The van der Waals surface area contributed by atoms with E-state index in [0.29, 0.717) is 0 Å². The molecule has 13 heavy (non-hydrogen) atoms. The van der Waals surface area contributed by atoms with Crippen molar-refractivity contribution in [1.82, 2.24) is 10.3 Å². The minimum absolute atomic E-state index is 0.957. The van der Waals surface area contributed by atoms with Gasteiger partial charge in [-0.1, -0.05) is 13.0 Å². The van der Waals surface area contributed by atoms with Crippen LogP contribution in [0.15, 0.2) is 24.4 Å². The zero-order valence-corrected chi connectivity index (χ0v) is 8.09. The molecule has 3 heteroatoms. The van der Waals surface area contributed by atoms with E-state index in [1.54, 1.807) is 6.20 Å². The summed E-state index contributed by atoms with van der Waals surface area (Å²) in [4.78, 5) is 4.17. The Morgan fingerprint density at radius 1 is 1.31 bits per heavy atom. The largest absolute Gasteiger partial charge is 0.370 e. The first-order valence-corrected chi connectivity index (χ1v) is 4.79. The molecule has 0 aliphatic heterocycles. The fourth-order valence-electron chi connectivity index (χ4n) is 1.07. The van der Waals surface area contributed by atoms with Crippen molar-refractivity contribution in [2.24, 2.45) is 0 Å². The van der Waals surface area contributed by atoms with Crippen LogP contribution >= 0.6 is 0 Å². The number of hydrogen-bond donors (Lipinski definition) is 2. The zero-order chi connectivity index (χ0) is 9.36. The van der Waals surface area contributed by atoms with Crippen LogP contribution in [0.2, 0.25) is 0 Å². The lowest BCUT2D eigenvalue weighted by molar-refractivity contribution is 0.688. The molecule has 0 amide bonds. The maximum Gasteiger partial charge on any atom is 0.125 e. The summed E-state index contributed by atoms with van der Waals surface area (Å²) in [6.45, 7) is 5.20. The van der Waals surface area contributed by atoms with Crippen LogP contribution in [0.5, 0.6) is 0 Å². The van der Waals surface area contributed by atoms with Crippen LogP contribution in [-0.2, 0) is 0 Å². The number of aromatic nitrogens is 1. The number of rotatable bonds is 6. The van der Waals surface area contributed by atoms with Gasteiger partial charge < -0.3 is 10.6 Å². The molecule has 1 heterocycles. The fourth-order valence-corrected chi connectivity index (χ4v) is 1.07. The maximum absolute atomic E-state index is 4.17. The van der Waals surface area contributed by atoms with Crippen LogP contribution in [-0.4, -0.2) is 24.6 Å². The van der Waals surface area contributed by atoms with Gasteiger partial charge in [0.25, 0.3) is 0 Å². The highest BCUT2D eigenvalue weighted by atomic mass is 15.0. The molecule has 0 atom stereocenters. The molecule has 0 saturated heterocycles. The average Bonchev–Trinajstić information content (AvgIpc) is 2.19. The Bertz CT molecular complexity index is 211. The van der Waals surface area contributed by atoms with Crippen LogP contribution in [0, 0.1) is 0 Å². The highest BCUT2D eigenvalue weighted by Crippen LogP contribution is 1.98. The second-order valence-electron chi connectivity index (χ2n) is 2.85. The molecule has 1 rings (SSSR count). The Labute approximate surface area is 79.6 Å². The normalized spacial score (nSPS) is 9.92. The summed E-state index contributed by atoms with van der Waals surface area (Å²) in [7, 11) is 0. The first-order chi connectivity index (χ1) is 6.43. The van der Waals surface area contributed by atoms with Crippen molar-refractivity contribution in [3.05, 3.63) is 24.4 Å². The van der Waals surface area contributed by atoms with E-state index in [2.05, 4.69) is 22.5 Å². The van der Waals surface area contributed by atoms with Gasteiger partial charge in [-0.25, -0.2) is 4.98 Å². The topological polar surface area (TPSA) is 37.0 Å². The van der Waals surface area contributed by atoms with Crippen LogP contribution in [0.25, 0.3) is 0 Å². The van der Waals surface area contributed by atoms with Gasteiger partial charge in [0.05, 0.1) is 0 Å². The molecule has 0 spiro atoms. The molecule has 1 aromatic rings. The van der Waals surface area contributed by atoms with E-state index in [4.69, 9.17) is 0 Å². The molecule has 72 valence electrons. The number of nitrogens with zero attached hydrogens (tertiary/aromatic N) is 1. The molecule has 0 aliphatic carbocycles. The zero-order valence-electron chi connectivity index (χ0n) is 8.09. The first kappa shape index (κ1) is 9.99. The van der Waals surface area contributed by atoms with Crippen LogP contribution < -0.4 is 10.6 Å². The SMILES string of the molecule is CCNCCCNc1ccccn1. The average molecular weight is 179 g/mol. The van der Waals surface area contributed by atoms with Gasteiger partial charge in [0, 0.05) is 12.7 Å². The van der Waals surface area contributed by atoms with Crippen molar-refractivity contribution in [2.45, 2.75) is 13.3 Å². The smallest absolute Gasteiger partial charge is 0.125 e. The highest BCUT2D eigenvalue weighted by molar-refractivity contribution is 5.32. The fraction of sp³-hybridized carbons (Fsp3) is 0.500. The molecule has 0 fully saturated rings. The summed E-state index contributed by atoms with van der Waals surface area (Å²) in [6, 6.07) is 5.89. The quantitative estimate of drug-likeness (QED) is 0.650. The molecule has 0 radical (unpaired) electrons. The molecule has 2 N–H and O–H groups in total. The van der Waals surface area contributed by atoms with Crippen molar-refractivity contribution in [3.8, 4) is 0 Å². The van der Waals surface area contributed by atoms with Gasteiger partial charge in [-0.2, -0.15) is 0 Å². The molecule has 0 aromatic carbocycles. The van der Waals surface area contributed by atoms with E-state index >= 15 is 0 Å².